The Morgan fingerprint density at radius 3 is 2.61 bits per heavy atom. The summed E-state index contributed by atoms with van der Waals surface area (Å²) in [5.74, 6) is -3.12. The first-order valence-corrected chi connectivity index (χ1v) is 20.4. The fourth-order valence-corrected chi connectivity index (χ4v) is 9.00. The van der Waals surface area contributed by atoms with Crippen LogP contribution in [0.2, 0.25) is 0 Å². The fraction of sp³-hybridized carbons (Fsp3) is 0.528. The smallest absolute Gasteiger partial charge is 0.274 e. The highest BCUT2D eigenvalue weighted by Crippen LogP contribution is 2.46. The predicted molar refractivity (Wildman–Crippen MR) is 195 cm³/mol. The molecule has 4 amide bonds. The van der Waals surface area contributed by atoms with E-state index in [1.165, 1.54) is 17.0 Å². The number of halogens is 2. The number of nitrogens with zero attached hydrogens (tertiary/aromatic N) is 4. The van der Waals surface area contributed by atoms with Crippen LogP contribution in [0.15, 0.2) is 33.3 Å². The number of allylic oxidation sites excluding steroid dienone is 1. The highest BCUT2D eigenvalue weighted by atomic mass is 79.9. The summed E-state index contributed by atoms with van der Waals surface area (Å²) in [5.41, 5.74) is 0.0653. The van der Waals surface area contributed by atoms with Crippen molar-refractivity contribution in [2.75, 3.05) is 6.54 Å². The van der Waals surface area contributed by atoms with Crippen LogP contribution in [0, 0.1) is 32.5 Å². The van der Waals surface area contributed by atoms with E-state index in [1.54, 1.807) is 20.8 Å². The molecule has 0 bridgehead atoms. The molecule has 2 aliphatic heterocycles. The zero-order valence-corrected chi connectivity index (χ0v) is 32.4. The Morgan fingerprint density at radius 2 is 1.89 bits per heavy atom. The molecule has 3 N–H and O–H groups in total. The summed E-state index contributed by atoms with van der Waals surface area (Å²) in [4.78, 5) is 66.4. The second-order valence-corrected chi connectivity index (χ2v) is 17.4. The average molecular weight is 831 g/mol. The Morgan fingerprint density at radius 1 is 1.11 bits per heavy atom. The lowest BCUT2D eigenvalue weighted by Gasteiger charge is -2.29. The number of carbonyl (C=O) groups excluding carboxylic acids is 4. The summed E-state index contributed by atoms with van der Waals surface area (Å²) in [6.07, 6.45) is 6.99. The number of aryl methyl sites for hydroxylation is 2. The Labute approximate surface area is 319 Å². The van der Waals surface area contributed by atoms with Crippen LogP contribution in [0.4, 0.5) is 4.39 Å². The van der Waals surface area contributed by atoms with Gasteiger partial charge in [0.2, 0.25) is 27.7 Å². The van der Waals surface area contributed by atoms with Crippen molar-refractivity contribution in [2.45, 2.75) is 108 Å². The molecule has 0 spiro atoms. The third-order valence-electron chi connectivity index (χ3n) is 10.6. The largest absolute Gasteiger partial charge is 0.471 e. The first-order valence-electron chi connectivity index (χ1n) is 18.1. The number of amides is 4. The number of sulfonamides is 1. The third-order valence-corrected chi connectivity index (χ3v) is 13.0. The molecule has 4 heterocycles. The number of ether oxygens (including phenoxy) is 1. The van der Waals surface area contributed by atoms with Crippen molar-refractivity contribution in [3.05, 3.63) is 57.3 Å². The van der Waals surface area contributed by atoms with Crippen LogP contribution >= 0.6 is 15.9 Å². The van der Waals surface area contributed by atoms with Crippen molar-refractivity contribution in [1.82, 2.24) is 35.4 Å². The summed E-state index contributed by atoms with van der Waals surface area (Å²) in [5, 5.41) is 8.87. The van der Waals surface area contributed by atoms with E-state index in [4.69, 9.17) is 9.26 Å². The number of nitrogens with one attached hydrogen (secondary N) is 3. The van der Waals surface area contributed by atoms with Crippen LogP contribution in [0.5, 0.6) is 5.88 Å². The quantitative estimate of drug-likeness (QED) is 0.294. The lowest BCUT2D eigenvalue weighted by Crippen LogP contribution is -2.58. The lowest BCUT2D eigenvalue weighted by molar-refractivity contribution is -0.141. The molecule has 7 rings (SSSR count). The van der Waals surface area contributed by atoms with Gasteiger partial charge in [-0.1, -0.05) is 30.2 Å². The maximum atomic E-state index is 14.5. The minimum absolute atomic E-state index is 0.0373. The molecule has 1 aromatic carbocycles. The molecule has 54 heavy (non-hydrogen) atoms. The van der Waals surface area contributed by atoms with Gasteiger partial charge in [0.25, 0.3) is 11.8 Å². The van der Waals surface area contributed by atoms with E-state index in [0.717, 1.165) is 12.8 Å². The first-order chi connectivity index (χ1) is 25.7. The molecule has 18 heteroatoms. The Bertz CT molecular complexity index is 2180. The van der Waals surface area contributed by atoms with Gasteiger partial charge in [-0.05, 0) is 81.3 Å². The lowest BCUT2D eigenvalue weighted by atomic mass is 10.0. The molecule has 5 atom stereocenters. The monoisotopic (exact) mass is 829 g/mol. The predicted octanol–water partition coefficient (Wildman–Crippen LogP) is 3.60. The standard InChI is InChI=1S/C36H41BrFN7O8S/c1-18-20(3)53-43-29(18)32(47)40-26-10-8-6-4-5-7-9-21-16-36(21,35(49)44-54(50,51)24-11-12-24)42-31(46)28-15-23(17-45(28)34(26)48)52-33-19(2)39-30-25(37)13-22(38)14-27(30)41-33/h7,9,13-14,21,23-24,26,28H,4-6,8,10-12,15-17H2,1-3H3,(H,40,47)(H,42,46)(H,44,49)/b9-7-/t21?,23-,26+,28+,36-/m1/s1. The van der Waals surface area contributed by atoms with Gasteiger partial charge in [-0.3, -0.25) is 23.9 Å². The van der Waals surface area contributed by atoms with Gasteiger partial charge < -0.3 is 24.8 Å². The molecule has 2 aromatic heterocycles. The second-order valence-electron chi connectivity index (χ2n) is 14.6. The SMILES string of the molecule is Cc1nc2c(Br)cc(F)cc2nc1O[C@@H]1C[C@H]2C(=O)N[C@]3(C(=O)NS(=O)(=O)C4CC4)CC3/C=C\CCCCC[C@H](NC(=O)c3noc(C)c3C)C(=O)N2C1. The normalized spacial score (nSPS) is 26.9. The van der Waals surface area contributed by atoms with E-state index in [1.807, 2.05) is 12.2 Å². The fourth-order valence-electron chi connectivity index (χ4n) is 7.13. The van der Waals surface area contributed by atoms with Crippen LogP contribution in [0.1, 0.15) is 85.3 Å². The van der Waals surface area contributed by atoms with Crippen LogP contribution in [-0.2, 0) is 24.4 Å². The highest BCUT2D eigenvalue weighted by molar-refractivity contribution is 9.10. The zero-order chi connectivity index (χ0) is 38.5. The zero-order valence-electron chi connectivity index (χ0n) is 30.0. The number of rotatable bonds is 7. The number of aromatic nitrogens is 3. The molecule has 288 valence electrons. The molecule has 3 fully saturated rings. The molecule has 3 aromatic rings. The van der Waals surface area contributed by atoms with E-state index in [-0.39, 0.29) is 42.9 Å². The Hall–Kier alpha value is -4.45. The third kappa shape index (κ3) is 7.59. The van der Waals surface area contributed by atoms with Gasteiger partial charge in [-0.2, -0.15) is 0 Å². The van der Waals surface area contributed by atoms with Crippen LogP contribution in [-0.4, -0.2) is 87.6 Å². The maximum Gasteiger partial charge on any atom is 0.274 e. The van der Waals surface area contributed by atoms with Crippen molar-refractivity contribution < 1.29 is 41.2 Å². The van der Waals surface area contributed by atoms with Crippen LogP contribution in [0.25, 0.3) is 11.0 Å². The molecular weight excluding hydrogens is 789 g/mol. The Balaban J connectivity index is 1.20. The summed E-state index contributed by atoms with van der Waals surface area (Å²) in [6.45, 7) is 4.93. The van der Waals surface area contributed by atoms with Gasteiger partial charge in [0.05, 0.1) is 17.3 Å². The topological polar surface area (TPSA) is 203 Å². The summed E-state index contributed by atoms with van der Waals surface area (Å²) >= 11 is 3.32. The van der Waals surface area contributed by atoms with Crippen molar-refractivity contribution in [1.29, 1.82) is 0 Å². The van der Waals surface area contributed by atoms with Gasteiger partial charge in [-0.25, -0.2) is 22.8 Å². The van der Waals surface area contributed by atoms with Gasteiger partial charge in [0, 0.05) is 28.4 Å². The first kappa shape index (κ1) is 37.8. The molecule has 1 saturated heterocycles. The maximum absolute atomic E-state index is 14.5. The van der Waals surface area contributed by atoms with Gasteiger partial charge >= 0.3 is 0 Å². The van der Waals surface area contributed by atoms with Crippen molar-refractivity contribution >= 4 is 60.6 Å². The number of hydrogen-bond donors (Lipinski definition) is 3. The minimum Gasteiger partial charge on any atom is -0.471 e. The summed E-state index contributed by atoms with van der Waals surface area (Å²) in [6, 6.07) is 0.256. The summed E-state index contributed by atoms with van der Waals surface area (Å²) < 4.78 is 54.0. The van der Waals surface area contributed by atoms with Gasteiger partial charge in [-0.15, -0.1) is 0 Å². The number of benzene rings is 1. The van der Waals surface area contributed by atoms with E-state index in [9.17, 15) is 32.0 Å². The number of fused-ring (bicyclic) bond motifs is 3. The van der Waals surface area contributed by atoms with Gasteiger partial charge in [0.1, 0.15) is 46.5 Å². The Kier molecular flexibility index (Phi) is 10.3. The molecule has 2 aliphatic carbocycles. The number of hydrogen-bond acceptors (Lipinski definition) is 11. The molecule has 15 nitrogen and oxygen atoms in total. The molecule has 2 saturated carbocycles. The van der Waals surface area contributed by atoms with Crippen molar-refractivity contribution in [3.8, 4) is 5.88 Å². The second kappa shape index (κ2) is 14.7. The van der Waals surface area contributed by atoms with Crippen LogP contribution < -0.4 is 20.1 Å². The molecule has 4 aliphatic rings. The molecular formula is C36H41BrFN7O8S. The molecule has 1 unspecified atom stereocenters. The van der Waals surface area contributed by atoms with Crippen molar-refractivity contribution in [2.24, 2.45) is 5.92 Å². The van der Waals surface area contributed by atoms with Crippen molar-refractivity contribution in [3.63, 3.8) is 0 Å². The molecule has 0 radical (unpaired) electrons. The highest BCUT2D eigenvalue weighted by Gasteiger charge is 2.62. The van der Waals surface area contributed by atoms with E-state index >= 15 is 0 Å². The van der Waals surface area contributed by atoms with Crippen LogP contribution in [0.3, 0.4) is 0 Å². The number of carbonyl (C=O) groups is 4. The minimum atomic E-state index is -3.92. The van der Waals surface area contributed by atoms with E-state index in [0.29, 0.717) is 52.7 Å². The van der Waals surface area contributed by atoms with Gasteiger partial charge in [0.15, 0.2) is 5.69 Å². The van der Waals surface area contributed by atoms with E-state index in [2.05, 4.69) is 46.4 Å². The summed E-state index contributed by atoms with van der Waals surface area (Å²) in [7, 11) is -3.92. The van der Waals surface area contributed by atoms with E-state index < -0.39 is 74.4 Å². The average Bonchev–Trinajstić information content (AvgIpc) is 4.02.